The molecule has 1 aliphatic carbocycles. The van der Waals surface area contributed by atoms with E-state index in [0.29, 0.717) is 29.5 Å². The van der Waals surface area contributed by atoms with Crippen molar-refractivity contribution in [2.24, 2.45) is 0 Å². The zero-order valence-electron chi connectivity index (χ0n) is 23.9. The van der Waals surface area contributed by atoms with Crippen molar-refractivity contribution in [2.45, 2.75) is 31.8 Å². The normalized spacial score (nSPS) is 17.5. The molecule has 1 saturated heterocycles. The fourth-order valence-electron chi connectivity index (χ4n) is 5.52. The maximum Gasteiger partial charge on any atom is 0.250 e. The number of aryl methyl sites for hydroxylation is 1. The molecule has 2 aromatic rings. The zero-order chi connectivity index (χ0) is 27.9. The van der Waals surface area contributed by atoms with Gasteiger partial charge in [-0.15, -0.1) is 0 Å². The quantitative estimate of drug-likeness (QED) is 0.423. The van der Waals surface area contributed by atoms with Crippen LogP contribution < -0.4 is 23.7 Å². The fourth-order valence-corrected chi connectivity index (χ4v) is 6.19. The van der Waals surface area contributed by atoms with Crippen LogP contribution in [0.3, 0.4) is 0 Å². The summed E-state index contributed by atoms with van der Waals surface area (Å²) in [4.78, 5) is 18.4. The van der Waals surface area contributed by atoms with E-state index in [1.165, 1.54) is 5.56 Å². The van der Waals surface area contributed by atoms with Gasteiger partial charge in [-0.1, -0.05) is 0 Å². The number of carbonyl (C=O) groups excluding carboxylic acids is 1. The highest BCUT2D eigenvalue weighted by molar-refractivity contribution is 7.98. The van der Waals surface area contributed by atoms with Crippen molar-refractivity contribution in [3.63, 3.8) is 0 Å². The lowest BCUT2D eigenvalue weighted by Gasteiger charge is -2.42. The van der Waals surface area contributed by atoms with Gasteiger partial charge in [-0.25, -0.2) is 0 Å². The van der Waals surface area contributed by atoms with E-state index in [9.17, 15) is 4.79 Å². The van der Waals surface area contributed by atoms with Crippen LogP contribution in [0.25, 0.3) is 6.08 Å². The Bertz CT molecular complexity index is 1180. The molecule has 1 heterocycles. The minimum Gasteiger partial charge on any atom is -0.493 e. The zero-order valence-corrected chi connectivity index (χ0v) is 24.7. The van der Waals surface area contributed by atoms with Crippen LogP contribution in [0, 0.1) is 0 Å². The third kappa shape index (κ3) is 6.41. The highest BCUT2D eigenvalue weighted by atomic mass is 32.2. The van der Waals surface area contributed by atoms with E-state index in [0.717, 1.165) is 67.1 Å². The summed E-state index contributed by atoms with van der Waals surface area (Å²) in [5, 5.41) is 0. The smallest absolute Gasteiger partial charge is 0.250 e. The number of rotatable bonds is 10. The predicted molar refractivity (Wildman–Crippen MR) is 156 cm³/mol. The van der Waals surface area contributed by atoms with Crippen LogP contribution in [0.15, 0.2) is 29.8 Å². The SMILES string of the molecule is COc1cc2c(cc1OC)CCCC(C(=O)N1CCN(Cc3cc(OC)c(OC)c(OC)c3)CC1CSC)=C2. The van der Waals surface area contributed by atoms with Crippen molar-refractivity contribution in [3.05, 3.63) is 46.5 Å². The van der Waals surface area contributed by atoms with E-state index >= 15 is 0 Å². The second kappa shape index (κ2) is 13.3. The minimum atomic E-state index is 0.123. The van der Waals surface area contributed by atoms with Gasteiger partial charge in [-0.3, -0.25) is 9.69 Å². The Morgan fingerprint density at radius 1 is 0.872 bits per heavy atom. The molecule has 0 bridgehead atoms. The van der Waals surface area contributed by atoms with Gasteiger partial charge in [0.05, 0.1) is 41.6 Å². The van der Waals surface area contributed by atoms with Crippen LogP contribution in [-0.2, 0) is 17.8 Å². The number of thioether (sulfide) groups is 1. The molecule has 39 heavy (non-hydrogen) atoms. The minimum absolute atomic E-state index is 0.123. The molecule has 1 aliphatic heterocycles. The number of carbonyl (C=O) groups is 1. The van der Waals surface area contributed by atoms with Gasteiger partial charge >= 0.3 is 0 Å². The highest BCUT2D eigenvalue weighted by Gasteiger charge is 2.32. The number of hydrogen-bond acceptors (Lipinski definition) is 8. The molecule has 212 valence electrons. The predicted octanol–water partition coefficient (Wildman–Crippen LogP) is 4.53. The first-order chi connectivity index (χ1) is 19.0. The molecule has 0 aromatic heterocycles. The van der Waals surface area contributed by atoms with Crippen LogP contribution in [0.4, 0.5) is 0 Å². The van der Waals surface area contributed by atoms with Crippen molar-refractivity contribution in [1.82, 2.24) is 9.80 Å². The number of hydrogen-bond donors (Lipinski definition) is 0. The van der Waals surface area contributed by atoms with Crippen LogP contribution in [0.2, 0.25) is 0 Å². The molecule has 1 amide bonds. The average molecular weight is 557 g/mol. The molecule has 1 fully saturated rings. The number of methoxy groups -OCH3 is 5. The summed E-state index contributed by atoms with van der Waals surface area (Å²) in [5.41, 5.74) is 4.17. The fraction of sp³-hybridized carbons (Fsp3) is 0.500. The summed E-state index contributed by atoms with van der Waals surface area (Å²) in [7, 11) is 8.17. The lowest BCUT2D eigenvalue weighted by atomic mass is 10.0. The van der Waals surface area contributed by atoms with Gasteiger partial charge in [0.25, 0.3) is 0 Å². The van der Waals surface area contributed by atoms with Crippen LogP contribution in [0.5, 0.6) is 28.7 Å². The van der Waals surface area contributed by atoms with Crippen molar-refractivity contribution in [2.75, 3.05) is 67.2 Å². The van der Waals surface area contributed by atoms with Gasteiger partial charge in [0.1, 0.15) is 0 Å². The first-order valence-corrected chi connectivity index (χ1v) is 14.6. The first-order valence-electron chi connectivity index (χ1n) is 13.2. The Kier molecular flexibility index (Phi) is 9.91. The Hall–Kier alpha value is -3.04. The van der Waals surface area contributed by atoms with Gasteiger partial charge in [0.2, 0.25) is 11.7 Å². The second-order valence-corrected chi connectivity index (χ2v) is 10.7. The van der Waals surface area contributed by atoms with Crippen LogP contribution >= 0.6 is 11.8 Å². The van der Waals surface area contributed by atoms with E-state index in [2.05, 4.69) is 22.1 Å². The molecule has 2 aliphatic rings. The van der Waals surface area contributed by atoms with Gasteiger partial charge in [-0.05, 0) is 72.6 Å². The van der Waals surface area contributed by atoms with Crippen molar-refractivity contribution < 1.29 is 28.5 Å². The summed E-state index contributed by atoms with van der Waals surface area (Å²) in [6, 6.07) is 8.15. The summed E-state index contributed by atoms with van der Waals surface area (Å²) >= 11 is 1.78. The number of fused-ring (bicyclic) bond motifs is 1. The van der Waals surface area contributed by atoms with E-state index < -0.39 is 0 Å². The summed E-state index contributed by atoms with van der Waals surface area (Å²) in [6.45, 7) is 3.02. The van der Waals surface area contributed by atoms with Gasteiger partial charge in [0, 0.05) is 37.5 Å². The molecule has 0 spiro atoms. The third-order valence-electron chi connectivity index (χ3n) is 7.46. The second-order valence-electron chi connectivity index (χ2n) is 9.81. The Labute approximate surface area is 236 Å². The molecular formula is C30H40N2O6S. The third-order valence-corrected chi connectivity index (χ3v) is 8.18. The Morgan fingerprint density at radius 2 is 1.54 bits per heavy atom. The molecule has 9 heteroatoms. The van der Waals surface area contributed by atoms with E-state index in [4.69, 9.17) is 23.7 Å². The van der Waals surface area contributed by atoms with Crippen molar-refractivity contribution in [1.29, 1.82) is 0 Å². The number of piperazine rings is 1. The number of nitrogens with zero attached hydrogens (tertiary/aromatic N) is 2. The topological polar surface area (TPSA) is 69.7 Å². The summed E-state index contributed by atoms with van der Waals surface area (Å²) < 4.78 is 27.6. The van der Waals surface area contributed by atoms with Crippen molar-refractivity contribution >= 4 is 23.7 Å². The largest absolute Gasteiger partial charge is 0.493 e. The number of amides is 1. The molecule has 0 radical (unpaired) electrons. The molecule has 8 nitrogen and oxygen atoms in total. The van der Waals surface area contributed by atoms with Crippen LogP contribution in [0.1, 0.15) is 29.5 Å². The molecule has 1 unspecified atom stereocenters. The lowest BCUT2D eigenvalue weighted by Crippen LogP contribution is -2.56. The van der Waals surface area contributed by atoms with Crippen molar-refractivity contribution in [3.8, 4) is 28.7 Å². The standard InChI is InChI=1S/C30H40N2O6S/c1-34-25-15-21-8-7-9-22(14-23(21)16-26(25)35-2)30(33)32-11-10-31(18-24(32)19-39-6)17-20-12-27(36-3)29(38-5)28(13-20)37-4/h12-16,24H,7-11,17-19H2,1-6H3. The maximum atomic E-state index is 13.9. The molecule has 0 N–H and O–H groups in total. The maximum absolute atomic E-state index is 13.9. The Balaban J connectivity index is 1.53. The number of ether oxygens (including phenoxy) is 5. The van der Waals surface area contributed by atoms with Gasteiger partial charge in [0.15, 0.2) is 23.0 Å². The molecule has 4 rings (SSSR count). The monoisotopic (exact) mass is 556 g/mol. The van der Waals surface area contributed by atoms with Gasteiger partial charge < -0.3 is 28.6 Å². The average Bonchev–Trinajstić information content (AvgIpc) is 3.17. The van der Waals surface area contributed by atoms with Gasteiger partial charge in [-0.2, -0.15) is 11.8 Å². The van der Waals surface area contributed by atoms with E-state index in [1.54, 1.807) is 47.3 Å². The summed E-state index contributed by atoms with van der Waals surface area (Å²) in [5.74, 6) is 4.32. The molecule has 2 aromatic carbocycles. The molecular weight excluding hydrogens is 516 g/mol. The first kappa shape index (κ1) is 29.0. The van der Waals surface area contributed by atoms with E-state index in [1.807, 2.05) is 24.3 Å². The molecule has 1 atom stereocenters. The summed E-state index contributed by atoms with van der Waals surface area (Å²) in [6.07, 6.45) is 6.75. The Morgan fingerprint density at radius 3 is 2.15 bits per heavy atom. The molecule has 0 saturated carbocycles. The highest BCUT2D eigenvalue weighted by Crippen LogP contribution is 2.39. The van der Waals surface area contributed by atoms with Crippen LogP contribution in [-0.4, -0.2) is 88.9 Å². The van der Waals surface area contributed by atoms with E-state index in [-0.39, 0.29) is 11.9 Å². The number of benzene rings is 2. The lowest BCUT2D eigenvalue weighted by molar-refractivity contribution is -0.131.